The van der Waals surface area contributed by atoms with Crippen LogP contribution in [-0.2, 0) is 16.4 Å². The van der Waals surface area contributed by atoms with Gasteiger partial charge < -0.3 is 5.32 Å². The first-order valence-corrected chi connectivity index (χ1v) is 8.08. The molecular weight excluding hydrogens is 250 g/mol. The van der Waals surface area contributed by atoms with Crippen LogP contribution < -0.4 is 5.32 Å². The van der Waals surface area contributed by atoms with Crippen LogP contribution >= 0.6 is 0 Å². The molecule has 1 aromatic heterocycles. The van der Waals surface area contributed by atoms with Crippen molar-refractivity contribution in [3.05, 3.63) is 23.3 Å². The Hall–Kier alpha value is -1.01. The lowest BCUT2D eigenvalue weighted by Crippen LogP contribution is -2.16. The molecule has 2 rings (SSSR count). The number of rotatable bonds is 4. The second-order valence-corrected chi connectivity index (χ2v) is 6.97. The zero-order chi connectivity index (χ0) is 13.2. The molecule has 1 saturated heterocycles. The maximum absolute atomic E-state index is 11.5. The molecule has 6 heteroatoms. The van der Waals surface area contributed by atoms with Gasteiger partial charge in [0.15, 0.2) is 9.84 Å². The van der Waals surface area contributed by atoms with Crippen molar-refractivity contribution in [3.8, 4) is 0 Å². The van der Waals surface area contributed by atoms with Gasteiger partial charge in [-0.25, -0.2) is 18.4 Å². The molecule has 5 nitrogen and oxygen atoms in total. The van der Waals surface area contributed by atoms with E-state index in [1.165, 1.54) is 0 Å². The number of aryl methyl sites for hydroxylation is 1. The van der Waals surface area contributed by atoms with Crippen LogP contribution in [0.5, 0.6) is 0 Å². The van der Waals surface area contributed by atoms with E-state index in [2.05, 4.69) is 15.3 Å². The van der Waals surface area contributed by atoms with Gasteiger partial charge >= 0.3 is 0 Å². The molecule has 1 N–H and O–H groups in total. The molecule has 0 amide bonds. The Morgan fingerprint density at radius 3 is 2.83 bits per heavy atom. The summed E-state index contributed by atoms with van der Waals surface area (Å²) >= 11 is 0. The smallest absolute Gasteiger partial charge is 0.151 e. The van der Waals surface area contributed by atoms with Crippen molar-refractivity contribution in [3.63, 3.8) is 0 Å². The van der Waals surface area contributed by atoms with E-state index >= 15 is 0 Å². The van der Waals surface area contributed by atoms with E-state index in [1.54, 1.807) is 0 Å². The fraction of sp³-hybridized carbons (Fsp3) is 0.667. The lowest BCUT2D eigenvalue weighted by atomic mass is 10.1. The van der Waals surface area contributed by atoms with Gasteiger partial charge in [-0.3, -0.25) is 0 Å². The SMILES string of the molecule is CCNCc1cc(C)nc(C2CCS(=O)(=O)C2)n1. The Balaban J connectivity index is 2.20. The van der Waals surface area contributed by atoms with Crippen LogP contribution in [0.4, 0.5) is 0 Å². The van der Waals surface area contributed by atoms with Crippen LogP contribution in [-0.4, -0.2) is 36.4 Å². The number of nitrogens with zero attached hydrogens (tertiary/aromatic N) is 2. The first-order valence-electron chi connectivity index (χ1n) is 6.26. The number of hydrogen-bond acceptors (Lipinski definition) is 5. The molecule has 0 radical (unpaired) electrons. The molecule has 0 spiro atoms. The van der Waals surface area contributed by atoms with Crippen molar-refractivity contribution in [2.75, 3.05) is 18.1 Å². The fourth-order valence-corrected chi connectivity index (χ4v) is 3.92. The first kappa shape index (κ1) is 13.4. The van der Waals surface area contributed by atoms with Crippen molar-refractivity contribution in [1.82, 2.24) is 15.3 Å². The van der Waals surface area contributed by atoms with Crippen molar-refractivity contribution >= 4 is 9.84 Å². The molecule has 1 atom stereocenters. The van der Waals surface area contributed by atoms with Crippen molar-refractivity contribution in [1.29, 1.82) is 0 Å². The molecule has 0 bridgehead atoms. The maximum atomic E-state index is 11.5. The number of nitrogens with one attached hydrogen (secondary N) is 1. The molecule has 0 aliphatic carbocycles. The van der Waals surface area contributed by atoms with Crippen LogP contribution in [0.15, 0.2) is 6.07 Å². The highest BCUT2D eigenvalue weighted by atomic mass is 32.2. The third-order valence-electron chi connectivity index (χ3n) is 3.08. The van der Waals surface area contributed by atoms with E-state index in [1.807, 2.05) is 19.9 Å². The van der Waals surface area contributed by atoms with Crippen molar-refractivity contribution < 1.29 is 8.42 Å². The summed E-state index contributed by atoms with van der Waals surface area (Å²) < 4.78 is 23.0. The Labute approximate surface area is 108 Å². The van der Waals surface area contributed by atoms with E-state index in [4.69, 9.17) is 0 Å². The summed E-state index contributed by atoms with van der Waals surface area (Å²) in [5.41, 5.74) is 1.83. The summed E-state index contributed by atoms with van der Waals surface area (Å²) in [5, 5.41) is 3.22. The average Bonchev–Trinajstić information content (AvgIpc) is 2.66. The second-order valence-electron chi connectivity index (χ2n) is 4.74. The van der Waals surface area contributed by atoms with E-state index < -0.39 is 9.84 Å². The Bertz CT molecular complexity index is 528. The van der Waals surface area contributed by atoms with E-state index in [9.17, 15) is 8.42 Å². The number of hydrogen-bond donors (Lipinski definition) is 1. The Kier molecular flexibility index (Phi) is 3.97. The topological polar surface area (TPSA) is 72.0 Å². The minimum absolute atomic E-state index is 0.0322. The highest BCUT2D eigenvalue weighted by Crippen LogP contribution is 2.26. The largest absolute Gasteiger partial charge is 0.311 e. The summed E-state index contributed by atoms with van der Waals surface area (Å²) in [6, 6.07) is 1.94. The van der Waals surface area contributed by atoms with Gasteiger partial charge in [0.25, 0.3) is 0 Å². The van der Waals surface area contributed by atoms with Gasteiger partial charge in [-0.15, -0.1) is 0 Å². The summed E-state index contributed by atoms with van der Waals surface area (Å²) in [6.45, 7) is 5.55. The zero-order valence-electron chi connectivity index (χ0n) is 10.8. The van der Waals surface area contributed by atoms with Crippen LogP contribution in [0, 0.1) is 6.92 Å². The monoisotopic (exact) mass is 269 g/mol. The summed E-state index contributed by atoms with van der Waals surface area (Å²) in [5.74, 6) is 1.11. The first-order chi connectivity index (χ1) is 8.50. The third kappa shape index (κ3) is 3.26. The molecule has 1 unspecified atom stereocenters. The summed E-state index contributed by atoms with van der Waals surface area (Å²) in [6.07, 6.45) is 0.645. The van der Waals surface area contributed by atoms with Crippen molar-refractivity contribution in [2.45, 2.75) is 32.7 Å². The standard InChI is InChI=1S/C12H19N3O2S/c1-3-13-7-11-6-9(2)14-12(15-11)10-4-5-18(16,17)8-10/h6,10,13H,3-5,7-8H2,1-2H3. The zero-order valence-corrected chi connectivity index (χ0v) is 11.6. The lowest BCUT2D eigenvalue weighted by Gasteiger charge is -2.10. The molecule has 1 fully saturated rings. The van der Waals surface area contributed by atoms with Gasteiger partial charge in [0.05, 0.1) is 17.2 Å². The van der Waals surface area contributed by atoms with Gasteiger partial charge in [-0.2, -0.15) is 0 Å². The molecule has 100 valence electrons. The fourth-order valence-electron chi connectivity index (χ4n) is 2.18. The van der Waals surface area contributed by atoms with Gasteiger partial charge in [0.1, 0.15) is 5.82 Å². The second kappa shape index (κ2) is 5.32. The summed E-state index contributed by atoms with van der Waals surface area (Å²) in [7, 11) is -2.88. The van der Waals surface area contributed by atoms with E-state index in [0.29, 0.717) is 18.8 Å². The molecule has 2 heterocycles. The molecule has 0 saturated carbocycles. The predicted molar refractivity (Wildman–Crippen MR) is 70.2 cm³/mol. The van der Waals surface area contributed by atoms with E-state index in [0.717, 1.165) is 17.9 Å². The average molecular weight is 269 g/mol. The molecular formula is C12H19N3O2S. The quantitative estimate of drug-likeness (QED) is 0.875. The third-order valence-corrected chi connectivity index (χ3v) is 4.85. The normalized spacial score (nSPS) is 22.2. The highest BCUT2D eigenvalue weighted by Gasteiger charge is 2.31. The predicted octanol–water partition coefficient (Wildman–Crippen LogP) is 0.797. The minimum Gasteiger partial charge on any atom is -0.311 e. The highest BCUT2D eigenvalue weighted by molar-refractivity contribution is 7.91. The molecule has 1 aliphatic rings. The maximum Gasteiger partial charge on any atom is 0.151 e. The van der Waals surface area contributed by atoms with Crippen LogP contribution in [0.1, 0.15) is 36.5 Å². The van der Waals surface area contributed by atoms with Crippen LogP contribution in [0.25, 0.3) is 0 Å². The van der Waals surface area contributed by atoms with E-state index in [-0.39, 0.29) is 17.4 Å². The lowest BCUT2D eigenvalue weighted by molar-refractivity contribution is 0.600. The van der Waals surface area contributed by atoms with Gasteiger partial charge in [0.2, 0.25) is 0 Å². The number of sulfone groups is 1. The van der Waals surface area contributed by atoms with Crippen LogP contribution in [0.3, 0.4) is 0 Å². The minimum atomic E-state index is -2.88. The molecule has 1 aliphatic heterocycles. The summed E-state index contributed by atoms with van der Waals surface area (Å²) in [4.78, 5) is 8.87. The van der Waals surface area contributed by atoms with Crippen LogP contribution in [0.2, 0.25) is 0 Å². The van der Waals surface area contributed by atoms with Gasteiger partial charge in [0, 0.05) is 18.2 Å². The Morgan fingerprint density at radius 2 is 2.22 bits per heavy atom. The molecule has 18 heavy (non-hydrogen) atoms. The van der Waals surface area contributed by atoms with Gasteiger partial charge in [-0.1, -0.05) is 6.92 Å². The molecule has 0 aromatic carbocycles. The van der Waals surface area contributed by atoms with Crippen molar-refractivity contribution in [2.24, 2.45) is 0 Å². The Morgan fingerprint density at radius 1 is 1.44 bits per heavy atom. The molecule has 1 aromatic rings. The van der Waals surface area contributed by atoms with Gasteiger partial charge in [-0.05, 0) is 26.0 Å². The number of aromatic nitrogens is 2.